The second-order valence-electron chi connectivity index (χ2n) is 10.6. The van der Waals surface area contributed by atoms with Gasteiger partial charge in [0, 0.05) is 19.5 Å². The molecule has 3 amide bonds. The molecule has 3 N–H and O–H groups in total. The number of amides is 3. The van der Waals surface area contributed by atoms with Crippen molar-refractivity contribution in [3.8, 4) is 11.5 Å². The summed E-state index contributed by atoms with van der Waals surface area (Å²) in [6.45, 7) is 7.03. The molecule has 3 aromatic rings. The van der Waals surface area contributed by atoms with Gasteiger partial charge in [0.15, 0.2) is 11.5 Å². The Bertz CT molecular complexity index is 1550. The lowest BCUT2D eigenvalue weighted by atomic mass is 9.99. The van der Waals surface area contributed by atoms with E-state index in [1.165, 1.54) is 47.2 Å². The van der Waals surface area contributed by atoms with E-state index in [0.29, 0.717) is 22.9 Å². The number of carbonyl (C=O) groups is 2. The van der Waals surface area contributed by atoms with Crippen molar-refractivity contribution < 1.29 is 37.1 Å². The SMILES string of the molecule is COc1ccc(S(=O)(=O)Nc2cccc3c2O[C@@H](CN(C)C(=O)Nc2c(C)noc2C)[C@@H](C)CN([C@H](C)CO)C3=O)cc1. The zero-order valence-electron chi connectivity index (χ0n) is 24.9. The maximum atomic E-state index is 13.7. The van der Waals surface area contributed by atoms with Crippen LogP contribution in [0.5, 0.6) is 11.5 Å². The van der Waals surface area contributed by atoms with Crippen LogP contribution >= 0.6 is 0 Å². The van der Waals surface area contributed by atoms with Crippen LogP contribution in [0.3, 0.4) is 0 Å². The Hall–Kier alpha value is -4.30. The first-order chi connectivity index (χ1) is 20.4. The van der Waals surface area contributed by atoms with E-state index in [9.17, 15) is 23.1 Å². The number of hydrogen-bond acceptors (Lipinski definition) is 9. The number of urea groups is 1. The van der Waals surface area contributed by atoms with Crippen molar-refractivity contribution >= 4 is 33.3 Å². The first kappa shape index (κ1) is 31.6. The maximum absolute atomic E-state index is 13.7. The van der Waals surface area contributed by atoms with Crippen LogP contribution in [0.1, 0.15) is 35.7 Å². The minimum atomic E-state index is -4.09. The number of hydrogen-bond donors (Lipinski definition) is 3. The van der Waals surface area contributed by atoms with Gasteiger partial charge in [0.2, 0.25) is 0 Å². The topological polar surface area (TPSA) is 164 Å². The second kappa shape index (κ2) is 12.9. The number of sulfonamides is 1. The van der Waals surface area contributed by atoms with Crippen molar-refractivity contribution in [1.82, 2.24) is 15.0 Å². The van der Waals surface area contributed by atoms with E-state index in [-0.39, 0.29) is 47.5 Å². The lowest BCUT2D eigenvalue weighted by molar-refractivity contribution is 0.0373. The van der Waals surface area contributed by atoms with E-state index < -0.39 is 34.1 Å². The number of benzene rings is 2. The van der Waals surface area contributed by atoms with Crippen LogP contribution in [-0.4, -0.2) is 86.4 Å². The second-order valence-corrected chi connectivity index (χ2v) is 12.3. The smallest absolute Gasteiger partial charge is 0.321 e. The molecule has 232 valence electrons. The predicted molar refractivity (Wildman–Crippen MR) is 159 cm³/mol. The zero-order valence-corrected chi connectivity index (χ0v) is 25.8. The molecule has 3 atom stereocenters. The highest BCUT2D eigenvalue weighted by molar-refractivity contribution is 7.92. The van der Waals surface area contributed by atoms with Gasteiger partial charge in [0.25, 0.3) is 15.9 Å². The molecule has 0 spiro atoms. The number of likely N-dealkylation sites (N-methyl/N-ethyl adjacent to an activating group) is 1. The Kier molecular flexibility index (Phi) is 9.50. The molecule has 1 aliphatic heterocycles. The molecule has 0 saturated carbocycles. The quantitative estimate of drug-likeness (QED) is 0.327. The summed E-state index contributed by atoms with van der Waals surface area (Å²) in [4.78, 5) is 29.8. The average molecular weight is 616 g/mol. The number of ether oxygens (including phenoxy) is 2. The number of anilines is 2. The number of methoxy groups -OCH3 is 1. The summed E-state index contributed by atoms with van der Waals surface area (Å²) in [5, 5.41) is 16.6. The van der Waals surface area contributed by atoms with Crippen LogP contribution in [0.25, 0.3) is 0 Å². The maximum Gasteiger partial charge on any atom is 0.321 e. The Morgan fingerprint density at radius 3 is 2.53 bits per heavy atom. The normalized spacial score (nSPS) is 17.7. The first-order valence-electron chi connectivity index (χ1n) is 13.7. The largest absolute Gasteiger partial charge is 0.497 e. The fourth-order valence-electron chi connectivity index (χ4n) is 4.72. The monoisotopic (exact) mass is 615 g/mol. The van der Waals surface area contributed by atoms with E-state index in [4.69, 9.17) is 14.0 Å². The van der Waals surface area contributed by atoms with Crippen LogP contribution in [0.4, 0.5) is 16.2 Å². The van der Waals surface area contributed by atoms with Gasteiger partial charge in [-0.05, 0) is 57.2 Å². The van der Waals surface area contributed by atoms with Crippen molar-refractivity contribution in [2.45, 2.75) is 44.7 Å². The number of aliphatic hydroxyl groups excluding tert-OH is 1. The van der Waals surface area contributed by atoms with Gasteiger partial charge in [-0.15, -0.1) is 0 Å². The van der Waals surface area contributed by atoms with Crippen LogP contribution in [0.15, 0.2) is 51.9 Å². The molecule has 4 rings (SSSR count). The summed E-state index contributed by atoms with van der Waals surface area (Å²) in [5.41, 5.74) is 1.18. The van der Waals surface area contributed by atoms with Crippen molar-refractivity contribution in [1.29, 1.82) is 0 Å². The van der Waals surface area contributed by atoms with Crippen LogP contribution < -0.4 is 19.5 Å². The zero-order chi connectivity index (χ0) is 31.5. The number of para-hydroxylation sites is 1. The number of nitrogens with zero attached hydrogens (tertiary/aromatic N) is 3. The molecule has 14 heteroatoms. The molecule has 13 nitrogen and oxygen atoms in total. The Labute approximate surface area is 250 Å². The molecule has 1 aliphatic rings. The van der Waals surface area contributed by atoms with Gasteiger partial charge in [-0.25, -0.2) is 13.2 Å². The van der Waals surface area contributed by atoms with E-state index >= 15 is 0 Å². The summed E-state index contributed by atoms with van der Waals surface area (Å²) in [6.07, 6.45) is -0.674. The lowest BCUT2D eigenvalue weighted by Gasteiger charge is -2.38. The van der Waals surface area contributed by atoms with Gasteiger partial charge < -0.3 is 34.2 Å². The van der Waals surface area contributed by atoms with Gasteiger partial charge in [-0.2, -0.15) is 0 Å². The average Bonchev–Trinajstić information content (AvgIpc) is 3.30. The molecule has 0 radical (unpaired) electrons. The van der Waals surface area contributed by atoms with Crippen molar-refractivity contribution in [3.63, 3.8) is 0 Å². The number of fused-ring (bicyclic) bond motifs is 1. The molecule has 0 unspecified atom stereocenters. The molecule has 0 fully saturated rings. The van der Waals surface area contributed by atoms with E-state index in [1.54, 1.807) is 40.0 Å². The molecule has 2 aromatic carbocycles. The van der Waals surface area contributed by atoms with Gasteiger partial charge in [-0.1, -0.05) is 18.1 Å². The molecule has 0 saturated heterocycles. The minimum Gasteiger partial charge on any atom is -0.497 e. The lowest BCUT2D eigenvalue weighted by Crippen LogP contribution is -2.50. The Morgan fingerprint density at radius 2 is 1.93 bits per heavy atom. The Morgan fingerprint density at radius 1 is 1.23 bits per heavy atom. The number of aromatic nitrogens is 1. The van der Waals surface area contributed by atoms with Gasteiger partial charge >= 0.3 is 6.03 Å². The number of aliphatic hydroxyl groups is 1. The van der Waals surface area contributed by atoms with E-state index in [0.717, 1.165) is 0 Å². The third kappa shape index (κ3) is 6.86. The highest BCUT2D eigenvalue weighted by Crippen LogP contribution is 2.36. The van der Waals surface area contributed by atoms with E-state index in [1.807, 2.05) is 6.92 Å². The highest BCUT2D eigenvalue weighted by atomic mass is 32.2. The highest BCUT2D eigenvalue weighted by Gasteiger charge is 2.35. The van der Waals surface area contributed by atoms with Crippen molar-refractivity contribution in [3.05, 3.63) is 59.5 Å². The number of nitrogens with one attached hydrogen (secondary N) is 2. The standard InChI is InChI=1S/C29H37N5O8S/c1-17-14-34(18(2)16-35)28(36)23-8-7-9-24(32-43(38,39)22-12-10-21(40-6)11-13-22)27(23)41-25(17)15-33(5)29(37)30-26-19(3)31-42-20(26)4/h7-13,17-18,25,32,35H,14-16H2,1-6H3,(H,30,37)/t17-,18+,25-/m0/s1. The Balaban J connectivity index is 1.69. The number of rotatable bonds is 9. The fourth-order valence-corrected chi connectivity index (χ4v) is 5.78. The number of carbonyl (C=O) groups excluding carboxylic acids is 2. The van der Waals surface area contributed by atoms with Gasteiger partial charge in [-0.3, -0.25) is 9.52 Å². The third-order valence-corrected chi connectivity index (χ3v) is 8.75. The van der Waals surface area contributed by atoms with Crippen molar-refractivity contribution in [2.75, 3.05) is 43.9 Å². The van der Waals surface area contributed by atoms with Crippen LogP contribution in [-0.2, 0) is 10.0 Å². The van der Waals surface area contributed by atoms with Crippen LogP contribution in [0, 0.1) is 19.8 Å². The molecule has 2 heterocycles. The number of aryl methyl sites for hydroxylation is 2. The summed E-state index contributed by atoms with van der Waals surface area (Å²) in [7, 11) is -1.01. The molecule has 43 heavy (non-hydrogen) atoms. The van der Waals surface area contributed by atoms with Crippen molar-refractivity contribution in [2.24, 2.45) is 5.92 Å². The summed E-state index contributed by atoms with van der Waals surface area (Å²) >= 11 is 0. The predicted octanol–water partition coefficient (Wildman–Crippen LogP) is 3.48. The molecule has 0 bridgehead atoms. The first-order valence-corrected chi connectivity index (χ1v) is 15.2. The molecule has 1 aromatic heterocycles. The summed E-state index contributed by atoms with van der Waals surface area (Å²) in [6, 6.07) is 9.50. The van der Waals surface area contributed by atoms with Gasteiger partial charge in [0.05, 0.1) is 42.4 Å². The molecular formula is C29H37N5O8S. The summed E-state index contributed by atoms with van der Waals surface area (Å²) in [5.74, 6) is 0.235. The molecule has 0 aliphatic carbocycles. The van der Waals surface area contributed by atoms with Crippen LogP contribution in [0.2, 0.25) is 0 Å². The summed E-state index contributed by atoms with van der Waals surface area (Å²) < 4.78 is 45.9. The minimum absolute atomic E-state index is 0.0146. The third-order valence-electron chi connectivity index (χ3n) is 7.37. The van der Waals surface area contributed by atoms with Gasteiger partial charge in [0.1, 0.15) is 23.2 Å². The molecular weight excluding hydrogens is 578 g/mol. The van der Waals surface area contributed by atoms with E-state index in [2.05, 4.69) is 15.2 Å². The fraction of sp³-hybridized carbons (Fsp3) is 0.414.